The topological polar surface area (TPSA) is 103 Å². The largest absolute Gasteiger partial charge is 0.325 e. The van der Waals surface area contributed by atoms with Gasteiger partial charge in [0.2, 0.25) is 5.91 Å². The van der Waals surface area contributed by atoms with Gasteiger partial charge in [0.1, 0.15) is 0 Å². The molecule has 1 amide bonds. The average molecular weight is 476 g/mol. The van der Waals surface area contributed by atoms with E-state index >= 15 is 0 Å². The molecule has 0 aliphatic carbocycles. The summed E-state index contributed by atoms with van der Waals surface area (Å²) in [5, 5.41) is 22.4. The van der Waals surface area contributed by atoms with Crippen molar-refractivity contribution in [2.24, 2.45) is 7.05 Å². The number of carbonyl (C=O) groups is 1. The molecule has 0 unspecified atom stereocenters. The number of benzene rings is 2. The fraction of sp³-hybridized carbons (Fsp3) is 0.211. The van der Waals surface area contributed by atoms with E-state index in [0.717, 1.165) is 10.2 Å². The van der Waals surface area contributed by atoms with E-state index in [1.165, 1.54) is 23.9 Å². The number of nitro benzene ring substituents is 1. The monoisotopic (exact) mass is 475 g/mol. The number of halogens is 1. The zero-order valence-electron chi connectivity index (χ0n) is 15.7. The van der Waals surface area contributed by atoms with Crippen molar-refractivity contribution in [2.45, 2.75) is 23.8 Å². The van der Waals surface area contributed by atoms with Crippen LogP contribution in [-0.2, 0) is 11.8 Å². The number of nitro groups is 1. The summed E-state index contributed by atoms with van der Waals surface area (Å²) in [4.78, 5) is 23.0. The summed E-state index contributed by atoms with van der Waals surface area (Å²) in [5.41, 5.74) is 1.45. The van der Waals surface area contributed by atoms with Gasteiger partial charge in [-0.2, -0.15) is 0 Å². The molecular weight excluding hydrogens is 458 g/mol. The van der Waals surface area contributed by atoms with Gasteiger partial charge in [0.05, 0.1) is 10.2 Å². The van der Waals surface area contributed by atoms with E-state index in [1.807, 2.05) is 31.2 Å². The number of hydrogen-bond acceptors (Lipinski definition) is 6. The number of anilines is 1. The molecule has 29 heavy (non-hydrogen) atoms. The fourth-order valence-corrected chi connectivity index (χ4v) is 3.79. The smallest absolute Gasteiger partial charge is 0.269 e. The lowest BCUT2D eigenvalue weighted by molar-refractivity contribution is -0.384. The number of thioether (sulfide) groups is 1. The highest BCUT2D eigenvalue weighted by molar-refractivity contribution is 9.10. The Balaban J connectivity index is 1.74. The van der Waals surface area contributed by atoms with E-state index in [2.05, 4.69) is 31.4 Å². The normalized spacial score (nSPS) is 11.8. The Morgan fingerprint density at radius 3 is 2.45 bits per heavy atom. The van der Waals surface area contributed by atoms with Crippen molar-refractivity contribution in [3.05, 3.63) is 63.1 Å². The van der Waals surface area contributed by atoms with Gasteiger partial charge in [0.15, 0.2) is 11.0 Å². The first-order valence-electron chi connectivity index (χ1n) is 8.76. The molecule has 0 aliphatic heterocycles. The number of nitrogens with zero attached hydrogens (tertiary/aromatic N) is 4. The molecule has 150 valence electrons. The van der Waals surface area contributed by atoms with Gasteiger partial charge in [-0.05, 0) is 42.8 Å². The van der Waals surface area contributed by atoms with E-state index in [0.29, 0.717) is 23.0 Å². The van der Waals surface area contributed by atoms with Gasteiger partial charge < -0.3 is 9.88 Å². The zero-order chi connectivity index (χ0) is 21.0. The molecule has 10 heteroatoms. The number of nitrogens with one attached hydrogen (secondary N) is 1. The lowest BCUT2D eigenvalue weighted by Gasteiger charge is -2.14. The van der Waals surface area contributed by atoms with Crippen LogP contribution in [0, 0.1) is 10.1 Å². The van der Waals surface area contributed by atoms with Gasteiger partial charge in [-0.1, -0.05) is 34.6 Å². The van der Waals surface area contributed by atoms with Crippen LogP contribution in [0.5, 0.6) is 0 Å². The third-order valence-electron chi connectivity index (χ3n) is 4.19. The predicted octanol–water partition coefficient (Wildman–Crippen LogP) is 4.66. The number of amides is 1. The second-order valence-corrected chi connectivity index (χ2v) is 8.27. The minimum atomic E-state index is -0.447. The van der Waals surface area contributed by atoms with Gasteiger partial charge in [-0.15, -0.1) is 10.2 Å². The third-order valence-corrected chi connectivity index (χ3v) is 6.12. The molecule has 3 aromatic rings. The van der Waals surface area contributed by atoms with Crippen molar-refractivity contribution in [3.8, 4) is 11.4 Å². The molecule has 1 N–H and O–H groups in total. The van der Waals surface area contributed by atoms with Crippen LogP contribution >= 0.6 is 27.7 Å². The van der Waals surface area contributed by atoms with Crippen LogP contribution in [0.4, 0.5) is 11.4 Å². The Labute approximate surface area is 180 Å². The number of hydrogen-bond donors (Lipinski definition) is 1. The van der Waals surface area contributed by atoms with Crippen molar-refractivity contribution in [2.75, 3.05) is 5.32 Å². The van der Waals surface area contributed by atoms with E-state index < -0.39 is 4.92 Å². The summed E-state index contributed by atoms with van der Waals surface area (Å²) in [5.74, 6) is 0.463. The van der Waals surface area contributed by atoms with E-state index in [1.54, 1.807) is 23.7 Å². The van der Waals surface area contributed by atoms with Crippen LogP contribution in [0.15, 0.2) is 58.2 Å². The van der Waals surface area contributed by atoms with Crippen LogP contribution in [0.3, 0.4) is 0 Å². The Hall–Kier alpha value is -2.72. The highest BCUT2D eigenvalue weighted by atomic mass is 79.9. The molecule has 1 aromatic heterocycles. The van der Waals surface area contributed by atoms with Crippen molar-refractivity contribution in [1.82, 2.24) is 14.8 Å². The molecule has 8 nitrogen and oxygen atoms in total. The summed E-state index contributed by atoms with van der Waals surface area (Å²) in [6.45, 7) is 1.94. The fourth-order valence-electron chi connectivity index (χ4n) is 2.61. The average Bonchev–Trinajstić information content (AvgIpc) is 3.08. The third kappa shape index (κ3) is 5.01. The molecule has 0 radical (unpaired) electrons. The number of aromatic nitrogens is 3. The Kier molecular flexibility index (Phi) is 6.65. The molecule has 0 saturated heterocycles. The molecule has 1 heterocycles. The molecular formula is C19H18BrN5O3S. The summed E-state index contributed by atoms with van der Waals surface area (Å²) in [7, 11) is 1.80. The Morgan fingerprint density at radius 1 is 1.21 bits per heavy atom. The van der Waals surface area contributed by atoms with Crippen LogP contribution in [0.1, 0.15) is 13.3 Å². The van der Waals surface area contributed by atoms with Gasteiger partial charge in [0.25, 0.3) is 5.69 Å². The summed E-state index contributed by atoms with van der Waals surface area (Å²) in [6, 6.07) is 13.5. The van der Waals surface area contributed by atoms with Crippen molar-refractivity contribution in [1.29, 1.82) is 0 Å². The molecule has 1 atom stereocenters. The molecule has 0 fully saturated rings. The zero-order valence-corrected chi connectivity index (χ0v) is 18.1. The molecule has 0 spiro atoms. The lowest BCUT2D eigenvalue weighted by atomic mass is 10.2. The Morgan fingerprint density at radius 2 is 1.86 bits per heavy atom. The highest BCUT2D eigenvalue weighted by Crippen LogP contribution is 2.29. The minimum Gasteiger partial charge on any atom is -0.325 e. The molecule has 0 bridgehead atoms. The quantitative estimate of drug-likeness (QED) is 0.302. The molecule has 0 saturated carbocycles. The van der Waals surface area contributed by atoms with Crippen molar-refractivity contribution in [3.63, 3.8) is 0 Å². The van der Waals surface area contributed by atoms with E-state index in [4.69, 9.17) is 0 Å². The van der Waals surface area contributed by atoms with Crippen LogP contribution in [-0.4, -0.2) is 30.8 Å². The summed E-state index contributed by atoms with van der Waals surface area (Å²) < 4.78 is 2.72. The second-order valence-electron chi connectivity index (χ2n) is 6.18. The maximum Gasteiger partial charge on any atom is 0.269 e. The summed E-state index contributed by atoms with van der Waals surface area (Å²) >= 11 is 4.70. The van der Waals surface area contributed by atoms with Gasteiger partial charge in [-0.3, -0.25) is 14.9 Å². The van der Waals surface area contributed by atoms with E-state index in [9.17, 15) is 14.9 Å². The first-order valence-corrected chi connectivity index (χ1v) is 10.4. The van der Waals surface area contributed by atoms with Crippen molar-refractivity contribution >= 4 is 45.0 Å². The minimum absolute atomic E-state index is 0.0150. The second kappa shape index (κ2) is 9.19. The lowest BCUT2D eigenvalue weighted by Crippen LogP contribution is -2.25. The Bertz CT molecular complexity index is 1020. The van der Waals surface area contributed by atoms with Crippen LogP contribution in [0.25, 0.3) is 11.4 Å². The van der Waals surface area contributed by atoms with Gasteiger partial charge >= 0.3 is 0 Å². The number of non-ortho nitro benzene ring substituents is 1. The number of carbonyl (C=O) groups excluding carboxylic acids is 1. The van der Waals surface area contributed by atoms with Gasteiger partial charge in [-0.25, -0.2) is 0 Å². The molecule has 0 aliphatic rings. The van der Waals surface area contributed by atoms with Gasteiger partial charge in [0, 0.05) is 34.9 Å². The summed E-state index contributed by atoms with van der Waals surface area (Å²) in [6.07, 6.45) is 0.618. The predicted molar refractivity (Wildman–Crippen MR) is 116 cm³/mol. The standard InChI is InChI=1S/C19H18BrN5O3S/c1-3-16(18(26)21-14-8-6-13(20)7-9-14)29-19-23-22-17(24(19)2)12-4-10-15(11-5-12)25(27)28/h4-11,16H,3H2,1-2H3,(H,21,26)/t16-/m1/s1. The maximum absolute atomic E-state index is 12.7. The highest BCUT2D eigenvalue weighted by Gasteiger charge is 2.22. The van der Waals surface area contributed by atoms with Crippen LogP contribution < -0.4 is 5.32 Å². The van der Waals surface area contributed by atoms with Crippen LogP contribution in [0.2, 0.25) is 0 Å². The van der Waals surface area contributed by atoms with E-state index in [-0.39, 0.29) is 16.8 Å². The maximum atomic E-state index is 12.7. The molecule has 2 aromatic carbocycles. The molecule has 3 rings (SSSR count). The number of rotatable bonds is 7. The SMILES string of the molecule is CC[C@@H](Sc1nnc(-c2ccc([N+](=O)[O-])cc2)n1C)C(=O)Nc1ccc(Br)cc1. The van der Waals surface area contributed by atoms with Crippen molar-refractivity contribution < 1.29 is 9.72 Å². The first kappa shape index (κ1) is 21.0. The first-order chi connectivity index (χ1) is 13.9.